The Hall–Kier alpha value is -3.72. The lowest BCUT2D eigenvalue weighted by atomic mass is 9.95. The number of halogens is 1. The Labute approximate surface area is 189 Å². The van der Waals surface area contributed by atoms with Gasteiger partial charge in [-0.1, -0.05) is 29.8 Å². The molecule has 1 aromatic heterocycles. The van der Waals surface area contributed by atoms with Crippen molar-refractivity contribution in [1.82, 2.24) is 14.8 Å². The third-order valence-electron chi connectivity index (χ3n) is 5.24. The maximum Gasteiger partial charge on any atom is 0.248 e. The van der Waals surface area contributed by atoms with Crippen LogP contribution in [0.5, 0.6) is 17.2 Å². The van der Waals surface area contributed by atoms with Gasteiger partial charge >= 0.3 is 0 Å². The molecule has 1 atom stereocenters. The molecule has 3 N–H and O–H groups in total. The van der Waals surface area contributed by atoms with Crippen LogP contribution >= 0.6 is 11.6 Å². The highest BCUT2D eigenvalue weighted by Crippen LogP contribution is 2.42. The smallest absolute Gasteiger partial charge is 0.248 e. The van der Waals surface area contributed by atoms with Crippen LogP contribution in [0.25, 0.3) is 11.4 Å². The molecule has 0 bridgehead atoms. The van der Waals surface area contributed by atoms with Crippen molar-refractivity contribution in [3.05, 3.63) is 58.3 Å². The van der Waals surface area contributed by atoms with E-state index in [9.17, 15) is 4.79 Å². The summed E-state index contributed by atoms with van der Waals surface area (Å²) in [5.74, 6) is 1.66. The van der Waals surface area contributed by atoms with Crippen LogP contribution in [-0.2, 0) is 4.79 Å². The van der Waals surface area contributed by atoms with E-state index >= 15 is 0 Å². The molecule has 0 radical (unpaired) electrons. The fourth-order valence-electron chi connectivity index (χ4n) is 3.79. The van der Waals surface area contributed by atoms with Crippen molar-refractivity contribution in [3.63, 3.8) is 0 Å². The SMILES string of the molecule is COc1cc(-c2nc3n(n2)[C@@H](c2ccccc2Cl)C(C(N)=O)=C(C)N3)cc(OC)c1OC. The first kappa shape index (κ1) is 21.5. The zero-order valence-electron chi connectivity index (χ0n) is 18.0. The number of amides is 1. The molecule has 0 saturated carbocycles. The van der Waals surface area contributed by atoms with Crippen LogP contribution in [0.2, 0.25) is 5.02 Å². The molecular weight excluding hydrogens is 434 g/mol. The number of fused-ring (bicyclic) bond motifs is 1. The molecule has 2 heterocycles. The van der Waals surface area contributed by atoms with Gasteiger partial charge in [-0.25, -0.2) is 4.68 Å². The molecule has 3 aromatic rings. The van der Waals surface area contributed by atoms with E-state index in [-0.39, 0.29) is 0 Å². The Morgan fingerprint density at radius 3 is 2.34 bits per heavy atom. The number of carbonyl (C=O) groups excluding carboxylic acids is 1. The Bertz CT molecular complexity index is 1210. The fourth-order valence-corrected chi connectivity index (χ4v) is 4.03. The maximum absolute atomic E-state index is 12.4. The van der Waals surface area contributed by atoms with Gasteiger partial charge in [-0.3, -0.25) is 4.79 Å². The third kappa shape index (κ3) is 3.50. The molecule has 0 saturated heterocycles. The molecule has 0 aliphatic carbocycles. The van der Waals surface area contributed by atoms with Gasteiger partial charge in [0.05, 0.1) is 26.9 Å². The predicted molar refractivity (Wildman–Crippen MR) is 120 cm³/mol. The lowest BCUT2D eigenvalue weighted by Gasteiger charge is -2.28. The summed E-state index contributed by atoms with van der Waals surface area (Å²) < 4.78 is 17.9. The minimum Gasteiger partial charge on any atom is -0.493 e. The Balaban J connectivity index is 1.90. The highest BCUT2D eigenvalue weighted by Gasteiger charge is 2.34. The van der Waals surface area contributed by atoms with Crippen LogP contribution in [0, 0.1) is 0 Å². The minimum atomic E-state index is -0.638. The average molecular weight is 456 g/mol. The van der Waals surface area contributed by atoms with E-state index in [1.165, 1.54) is 21.3 Å². The van der Waals surface area contributed by atoms with Crippen molar-refractivity contribution < 1.29 is 19.0 Å². The molecule has 0 fully saturated rings. The summed E-state index contributed by atoms with van der Waals surface area (Å²) in [5.41, 5.74) is 7.99. The molecule has 32 heavy (non-hydrogen) atoms. The molecule has 1 amide bonds. The maximum atomic E-state index is 12.4. The van der Waals surface area contributed by atoms with E-state index in [2.05, 4.69) is 15.4 Å². The van der Waals surface area contributed by atoms with Crippen molar-refractivity contribution in [2.75, 3.05) is 26.6 Å². The summed E-state index contributed by atoms with van der Waals surface area (Å²) >= 11 is 6.47. The van der Waals surface area contributed by atoms with E-state index < -0.39 is 11.9 Å². The van der Waals surface area contributed by atoms with Crippen LogP contribution in [-0.4, -0.2) is 42.0 Å². The normalized spacial score (nSPS) is 15.1. The number of nitrogens with zero attached hydrogens (tertiary/aromatic N) is 3. The van der Waals surface area contributed by atoms with Gasteiger partial charge in [-0.15, -0.1) is 5.10 Å². The Kier molecular flexibility index (Phi) is 5.67. The molecule has 166 valence electrons. The molecular formula is C22H22ClN5O4. The van der Waals surface area contributed by atoms with Gasteiger partial charge in [0, 0.05) is 21.8 Å². The molecule has 1 aliphatic rings. The van der Waals surface area contributed by atoms with E-state index in [0.29, 0.717) is 56.4 Å². The number of allylic oxidation sites excluding steroid dienone is 1. The molecule has 4 rings (SSSR count). The molecule has 2 aromatic carbocycles. The summed E-state index contributed by atoms with van der Waals surface area (Å²) in [6.07, 6.45) is 0. The first-order valence-corrected chi connectivity index (χ1v) is 10.1. The second-order valence-corrected chi connectivity index (χ2v) is 7.48. The van der Waals surface area contributed by atoms with Gasteiger partial charge < -0.3 is 25.3 Å². The number of benzene rings is 2. The van der Waals surface area contributed by atoms with Crippen molar-refractivity contribution in [2.24, 2.45) is 5.73 Å². The summed E-state index contributed by atoms with van der Waals surface area (Å²) in [6, 6.07) is 10.1. The summed E-state index contributed by atoms with van der Waals surface area (Å²) in [4.78, 5) is 17.0. The lowest BCUT2D eigenvalue weighted by Crippen LogP contribution is -2.32. The third-order valence-corrected chi connectivity index (χ3v) is 5.58. The van der Waals surface area contributed by atoms with E-state index in [4.69, 9.17) is 31.5 Å². The molecule has 0 spiro atoms. The van der Waals surface area contributed by atoms with Crippen molar-refractivity contribution in [2.45, 2.75) is 13.0 Å². The van der Waals surface area contributed by atoms with E-state index in [0.717, 1.165) is 0 Å². The summed E-state index contributed by atoms with van der Waals surface area (Å²) in [6.45, 7) is 1.77. The first-order chi connectivity index (χ1) is 15.4. The predicted octanol–water partition coefficient (Wildman–Crippen LogP) is 3.40. The van der Waals surface area contributed by atoms with Crippen LogP contribution < -0.4 is 25.3 Å². The zero-order chi connectivity index (χ0) is 23.0. The van der Waals surface area contributed by atoms with Crippen LogP contribution in [0.3, 0.4) is 0 Å². The van der Waals surface area contributed by atoms with Crippen LogP contribution in [0.1, 0.15) is 18.5 Å². The zero-order valence-corrected chi connectivity index (χ0v) is 18.7. The van der Waals surface area contributed by atoms with Crippen molar-refractivity contribution in [1.29, 1.82) is 0 Å². The number of methoxy groups -OCH3 is 3. The Morgan fingerprint density at radius 1 is 1.12 bits per heavy atom. The number of nitrogens with one attached hydrogen (secondary N) is 1. The molecule has 9 nitrogen and oxygen atoms in total. The van der Waals surface area contributed by atoms with Gasteiger partial charge in [0.2, 0.25) is 17.6 Å². The van der Waals surface area contributed by atoms with Gasteiger partial charge in [-0.2, -0.15) is 4.98 Å². The number of primary amides is 1. The van der Waals surface area contributed by atoms with Gasteiger partial charge in [0.25, 0.3) is 0 Å². The number of hydrogen-bond donors (Lipinski definition) is 2. The molecule has 10 heteroatoms. The van der Waals surface area contributed by atoms with Crippen LogP contribution in [0.4, 0.5) is 5.95 Å². The van der Waals surface area contributed by atoms with E-state index in [1.54, 1.807) is 29.8 Å². The first-order valence-electron chi connectivity index (χ1n) is 9.68. The molecule has 1 aliphatic heterocycles. The van der Waals surface area contributed by atoms with Gasteiger partial charge in [-0.05, 0) is 25.1 Å². The Morgan fingerprint density at radius 2 is 1.78 bits per heavy atom. The number of carbonyl (C=O) groups is 1. The van der Waals surface area contributed by atoms with Crippen LogP contribution in [0.15, 0.2) is 47.7 Å². The van der Waals surface area contributed by atoms with E-state index in [1.807, 2.05) is 18.2 Å². The topological polar surface area (TPSA) is 114 Å². The second-order valence-electron chi connectivity index (χ2n) is 7.07. The highest BCUT2D eigenvalue weighted by atomic mass is 35.5. The lowest BCUT2D eigenvalue weighted by molar-refractivity contribution is -0.115. The fraction of sp³-hybridized carbons (Fsp3) is 0.227. The van der Waals surface area contributed by atoms with Gasteiger partial charge in [0.15, 0.2) is 17.3 Å². The standard InChI is InChI=1S/C22H22ClN5O4/c1-11-17(20(24)29)18(13-7-5-6-8-14(13)23)28-22(25-11)26-21(27-28)12-9-15(30-2)19(32-4)16(10-12)31-3/h5-10,18H,1-4H3,(H2,24,29)(H,25,26,27)/t18-/m0/s1. The number of rotatable bonds is 6. The van der Waals surface area contributed by atoms with Crippen molar-refractivity contribution >= 4 is 23.5 Å². The monoisotopic (exact) mass is 455 g/mol. The minimum absolute atomic E-state index is 0.354. The number of hydrogen-bond acceptors (Lipinski definition) is 7. The number of anilines is 1. The molecule has 0 unspecified atom stereocenters. The quantitative estimate of drug-likeness (QED) is 0.585. The largest absolute Gasteiger partial charge is 0.493 e. The number of aromatic nitrogens is 3. The number of nitrogens with two attached hydrogens (primary N) is 1. The summed E-state index contributed by atoms with van der Waals surface area (Å²) in [7, 11) is 4.60. The van der Waals surface area contributed by atoms with Gasteiger partial charge in [0.1, 0.15) is 6.04 Å². The van der Waals surface area contributed by atoms with Crippen molar-refractivity contribution in [3.8, 4) is 28.6 Å². The highest BCUT2D eigenvalue weighted by molar-refractivity contribution is 6.31. The number of ether oxygens (including phenoxy) is 3. The summed E-state index contributed by atoms with van der Waals surface area (Å²) in [5, 5.41) is 8.29. The average Bonchev–Trinajstić information content (AvgIpc) is 3.21. The second kappa shape index (κ2) is 8.43.